The highest BCUT2D eigenvalue weighted by Gasteiger charge is 2.44. The maximum atomic E-state index is 12.3. The average Bonchev–Trinajstić information content (AvgIpc) is 2.82. The molecule has 0 aromatic carbocycles. The zero-order chi connectivity index (χ0) is 13.6. The minimum atomic E-state index is -0.670. The van der Waals surface area contributed by atoms with Crippen molar-refractivity contribution in [2.75, 3.05) is 6.54 Å². The van der Waals surface area contributed by atoms with Crippen LogP contribution in [0.3, 0.4) is 0 Å². The van der Waals surface area contributed by atoms with E-state index in [0.717, 1.165) is 28.6 Å². The largest absolute Gasteiger partial charge is 0.306 e. The third-order valence-corrected chi connectivity index (χ3v) is 5.40. The van der Waals surface area contributed by atoms with Crippen LogP contribution in [0.15, 0.2) is 15.9 Å². The van der Waals surface area contributed by atoms with E-state index in [1.807, 2.05) is 11.4 Å². The molecule has 1 aromatic heterocycles. The van der Waals surface area contributed by atoms with Crippen molar-refractivity contribution in [1.82, 2.24) is 9.96 Å². The molecule has 3 rings (SSSR count). The highest BCUT2D eigenvalue weighted by atomic mass is 79.9. The molecule has 2 amide bonds. The summed E-state index contributed by atoms with van der Waals surface area (Å²) < 4.78 is 0.885. The van der Waals surface area contributed by atoms with Gasteiger partial charge in [0.25, 0.3) is 5.91 Å². The maximum absolute atomic E-state index is 12.3. The number of thiophene rings is 1. The molecular formula is C12H13BrN2O3S. The lowest BCUT2D eigenvalue weighted by Gasteiger charge is -2.32. The van der Waals surface area contributed by atoms with Gasteiger partial charge in [-0.3, -0.25) is 14.8 Å². The first-order chi connectivity index (χ1) is 9.08. The van der Waals surface area contributed by atoms with Crippen LogP contribution in [-0.2, 0) is 9.59 Å². The lowest BCUT2D eigenvalue weighted by molar-refractivity contribution is -0.172. The van der Waals surface area contributed by atoms with Crippen LogP contribution >= 0.6 is 27.3 Å². The Morgan fingerprint density at radius 1 is 1.47 bits per heavy atom. The Kier molecular flexibility index (Phi) is 3.36. The molecule has 1 N–H and O–H groups in total. The summed E-state index contributed by atoms with van der Waals surface area (Å²) in [6, 6.07) is 1.83. The number of hydrogen-bond acceptors (Lipinski definition) is 4. The first kappa shape index (κ1) is 13.1. The Hall–Kier alpha value is -0.920. The van der Waals surface area contributed by atoms with Gasteiger partial charge in [-0.2, -0.15) is 5.06 Å². The fourth-order valence-electron chi connectivity index (χ4n) is 2.40. The van der Waals surface area contributed by atoms with Crippen molar-refractivity contribution in [2.24, 2.45) is 5.92 Å². The second kappa shape index (κ2) is 4.88. The van der Waals surface area contributed by atoms with Gasteiger partial charge in [0.05, 0.1) is 4.88 Å². The van der Waals surface area contributed by atoms with E-state index in [0.29, 0.717) is 5.06 Å². The second-order valence-corrected chi connectivity index (χ2v) is 6.73. The zero-order valence-electron chi connectivity index (χ0n) is 10.1. The van der Waals surface area contributed by atoms with Crippen molar-refractivity contribution < 1.29 is 14.8 Å². The van der Waals surface area contributed by atoms with Crippen molar-refractivity contribution >= 4 is 39.1 Å². The van der Waals surface area contributed by atoms with Crippen LogP contribution in [0, 0.1) is 5.92 Å². The first-order valence-electron chi connectivity index (χ1n) is 6.13. The SMILES string of the molecule is O=C1CN(C(=O)C2CCC2)C(c2cc(Br)cs2)N1O. The lowest BCUT2D eigenvalue weighted by Crippen LogP contribution is -2.40. The van der Waals surface area contributed by atoms with Crippen molar-refractivity contribution in [3.63, 3.8) is 0 Å². The van der Waals surface area contributed by atoms with E-state index in [4.69, 9.17) is 0 Å². The molecule has 1 aliphatic carbocycles. The highest BCUT2D eigenvalue weighted by Crippen LogP contribution is 2.38. The molecule has 1 aliphatic heterocycles. The monoisotopic (exact) mass is 344 g/mol. The summed E-state index contributed by atoms with van der Waals surface area (Å²) in [4.78, 5) is 26.3. The third kappa shape index (κ3) is 2.19. The van der Waals surface area contributed by atoms with Crippen molar-refractivity contribution in [2.45, 2.75) is 25.4 Å². The summed E-state index contributed by atoms with van der Waals surface area (Å²) in [5.41, 5.74) is 0. The summed E-state index contributed by atoms with van der Waals surface area (Å²) >= 11 is 4.76. The van der Waals surface area contributed by atoms with Crippen molar-refractivity contribution in [1.29, 1.82) is 0 Å². The third-order valence-electron chi connectivity index (χ3n) is 3.67. The topological polar surface area (TPSA) is 60.9 Å². The number of rotatable bonds is 2. The summed E-state index contributed by atoms with van der Waals surface area (Å²) in [5.74, 6) is -0.432. The molecule has 5 nitrogen and oxygen atoms in total. The summed E-state index contributed by atoms with van der Waals surface area (Å²) in [5, 5.41) is 12.4. The molecule has 1 unspecified atom stereocenters. The Morgan fingerprint density at radius 2 is 2.21 bits per heavy atom. The molecule has 7 heteroatoms. The van der Waals surface area contributed by atoms with E-state index in [1.54, 1.807) is 0 Å². The number of hydroxylamine groups is 2. The number of carbonyl (C=O) groups is 2. The van der Waals surface area contributed by atoms with E-state index in [-0.39, 0.29) is 18.4 Å². The molecule has 0 spiro atoms. The first-order valence-corrected chi connectivity index (χ1v) is 7.80. The number of carbonyl (C=O) groups excluding carboxylic acids is 2. The Morgan fingerprint density at radius 3 is 2.74 bits per heavy atom. The molecule has 19 heavy (non-hydrogen) atoms. The maximum Gasteiger partial charge on any atom is 0.267 e. The number of nitrogens with zero attached hydrogens (tertiary/aromatic N) is 2. The van der Waals surface area contributed by atoms with Crippen LogP contribution in [0.4, 0.5) is 0 Å². The van der Waals surface area contributed by atoms with E-state index in [9.17, 15) is 14.8 Å². The van der Waals surface area contributed by atoms with E-state index < -0.39 is 12.1 Å². The number of halogens is 1. The molecular weight excluding hydrogens is 332 g/mol. The molecule has 1 aromatic rings. The van der Waals surface area contributed by atoms with Gasteiger partial charge >= 0.3 is 0 Å². The van der Waals surface area contributed by atoms with Crippen LogP contribution in [0.1, 0.15) is 30.3 Å². The van der Waals surface area contributed by atoms with Crippen LogP contribution in [0.2, 0.25) is 0 Å². The minimum absolute atomic E-state index is 0.0187. The highest BCUT2D eigenvalue weighted by molar-refractivity contribution is 9.10. The predicted octanol–water partition coefficient (Wildman–Crippen LogP) is 2.37. The van der Waals surface area contributed by atoms with Gasteiger partial charge in [0, 0.05) is 15.8 Å². The second-order valence-electron chi connectivity index (χ2n) is 4.87. The van der Waals surface area contributed by atoms with Gasteiger partial charge in [-0.05, 0) is 34.8 Å². The normalized spacial score (nSPS) is 23.9. The molecule has 0 bridgehead atoms. The van der Waals surface area contributed by atoms with E-state index in [2.05, 4.69) is 15.9 Å². The van der Waals surface area contributed by atoms with Crippen molar-refractivity contribution in [3.8, 4) is 0 Å². The van der Waals surface area contributed by atoms with Gasteiger partial charge in [0.15, 0.2) is 6.17 Å². The van der Waals surface area contributed by atoms with Crippen LogP contribution in [-0.4, -0.2) is 33.5 Å². The Balaban J connectivity index is 1.88. The summed E-state index contributed by atoms with van der Waals surface area (Å²) in [6.45, 7) is -0.0357. The summed E-state index contributed by atoms with van der Waals surface area (Å²) in [7, 11) is 0. The average molecular weight is 345 g/mol. The molecule has 0 radical (unpaired) electrons. The molecule has 102 valence electrons. The summed E-state index contributed by atoms with van der Waals surface area (Å²) in [6.07, 6.45) is 2.17. The molecule has 1 saturated heterocycles. The van der Waals surface area contributed by atoms with Gasteiger partial charge in [0.2, 0.25) is 5.91 Å². The molecule has 1 saturated carbocycles. The fourth-order valence-corrected chi connectivity index (χ4v) is 3.94. The van der Waals surface area contributed by atoms with Crippen molar-refractivity contribution in [3.05, 3.63) is 20.8 Å². The van der Waals surface area contributed by atoms with Crippen LogP contribution in [0.5, 0.6) is 0 Å². The Labute approximate surface area is 122 Å². The smallest absolute Gasteiger partial charge is 0.267 e. The van der Waals surface area contributed by atoms with E-state index >= 15 is 0 Å². The molecule has 1 atom stereocenters. The van der Waals surface area contributed by atoms with E-state index in [1.165, 1.54) is 16.2 Å². The fraction of sp³-hybridized carbons (Fsp3) is 0.500. The predicted molar refractivity (Wildman–Crippen MR) is 72.4 cm³/mol. The van der Waals surface area contributed by atoms with Gasteiger partial charge in [-0.25, -0.2) is 0 Å². The van der Waals surface area contributed by atoms with Gasteiger partial charge in [-0.1, -0.05) is 6.42 Å². The standard InChI is InChI=1S/C12H13BrN2O3S/c13-8-4-9(19-6-8)11-14(5-10(16)15(11)18)12(17)7-2-1-3-7/h4,6-7,11,18H,1-3,5H2. The Bertz CT molecular complexity index is 529. The lowest BCUT2D eigenvalue weighted by atomic mass is 9.84. The van der Waals surface area contributed by atoms with Gasteiger partial charge < -0.3 is 4.90 Å². The zero-order valence-corrected chi connectivity index (χ0v) is 12.5. The number of amides is 2. The quantitative estimate of drug-likeness (QED) is 0.837. The van der Waals surface area contributed by atoms with Gasteiger partial charge in [-0.15, -0.1) is 11.3 Å². The minimum Gasteiger partial charge on any atom is -0.306 e. The molecule has 2 aliphatic rings. The van der Waals surface area contributed by atoms with Gasteiger partial charge in [0.1, 0.15) is 6.54 Å². The van der Waals surface area contributed by atoms with Crippen LogP contribution in [0.25, 0.3) is 0 Å². The molecule has 2 heterocycles. The molecule has 2 fully saturated rings. The number of hydrogen-bond donors (Lipinski definition) is 1. The van der Waals surface area contributed by atoms with Crippen LogP contribution < -0.4 is 0 Å².